The molecule has 4 nitrogen and oxygen atoms in total. The van der Waals surface area contributed by atoms with E-state index in [1.165, 1.54) is 0 Å². The lowest BCUT2D eigenvalue weighted by Gasteiger charge is -2.17. The molecule has 124 valence electrons. The van der Waals surface area contributed by atoms with Gasteiger partial charge >= 0.3 is 0 Å². The summed E-state index contributed by atoms with van der Waals surface area (Å²) in [5, 5.41) is 0. The first-order chi connectivity index (χ1) is 12.3. The van der Waals surface area contributed by atoms with Gasteiger partial charge in [-0.2, -0.15) is 0 Å². The largest absolute Gasteiger partial charge is 0.429 e. The van der Waals surface area contributed by atoms with E-state index >= 15 is 0 Å². The average molecular weight is 331 g/mol. The van der Waals surface area contributed by atoms with E-state index in [-0.39, 0.29) is 5.78 Å². The zero-order chi connectivity index (χ0) is 17.2. The standard InChI is InChI=1S/C21H17NO3/c23-14-25-17-11-9-16(10-12-17)22-19-7-4-8-21(24)18(19)13-20(22)15-5-2-1-3-6-15/h1-3,5-6,9-14H,4,7-8H2. The van der Waals surface area contributed by atoms with Gasteiger partial charge in [-0.3, -0.25) is 9.59 Å². The number of ketones is 1. The second-order valence-corrected chi connectivity index (χ2v) is 6.08. The third-order valence-electron chi connectivity index (χ3n) is 4.57. The molecule has 4 rings (SSSR count). The van der Waals surface area contributed by atoms with Crippen molar-refractivity contribution in [2.75, 3.05) is 0 Å². The summed E-state index contributed by atoms with van der Waals surface area (Å²) in [5.41, 5.74) is 4.90. The number of carbonyl (C=O) groups is 2. The van der Waals surface area contributed by atoms with Crippen LogP contribution in [0.3, 0.4) is 0 Å². The van der Waals surface area contributed by atoms with Gasteiger partial charge in [0.25, 0.3) is 6.47 Å². The Bertz CT molecular complexity index is 924. The quantitative estimate of drug-likeness (QED) is 0.673. The molecule has 0 aliphatic heterocycles. The highest BCUT2D eigenvalue weighted by Crippen LogP contribution is 2.34. The minimum atomic E-state index is 0.207. The molecular weight excluding hydrogens is 314 g/mol. The van der Waals surface area contributed by atoms with Crippen LogP contribution >= 0.6 is 0 Å². The van der Waals surface area contributed by atoms with E-state index in [9.17, 15) is 9.59 Å². The molecule has 0 unspecified atom stereocenters. The molecule has 25 heavy (non-hydrogen) atoms. The number of hydrogen-bond acceptors (Lipinski definition) is 3. The number of nitrogens with zero attached hydrogens (tertiary/aromatic N) is 1. The normalized spacial score (nSPS) is 13.4. The number of fused-ring (bicyclic) bond motifs is 1. The number of carbonyl (C=O) groups excluding carboxylic acids is 2. The van der Waals surface area contributed by atoms with Crippen LogP contribution in [0.5, 0.6) is 5.75 Å². The van der Waals surface area contributed by atoms with E-state index in [1.807, 2.05) is 48.5 Å². The predicted octanol–water partition coefficient (Wildman–Crippen LogP) is 4.20. The number of benzene rings is 2. The molecule has 0 bridgehead atoms. The Kier molecular flexibility index (Phi) is 3.94. The number of hydrogen-bond donors (Lipinski definition) is 0. The summed E-state index contributed by atoms with van der Waals surface area (Å²) in [6, 6.07) is 19.4. The van der Waals surface area contributed by atoms with Gasteiger partial charge in [-0.25, -0.2) is 0 Å². The van der Waals surface area contributed by atoms with Crippen molar-refractivity contribution in [2.24, 2.45) is 0 Å². The van der Waals surface area contributed by atoms with Gasteiger partial charge in [0, 0.05) is 23.4 Å². The molecule has 1 heterocycles. The minimum absolute atomic E-state index is 0.207. The summed E-state index contributed by atoms with van der Waals surface area (Å²) in [6.45, 7) is 0.417. The first-order valence-corrected chi connectivity index (χ1v) is 8.32. The summed E-state index contributed by atoms with van der Waals surface area (Å²) >= 11 is 0. The molecule has 0 saturated heterocycles. The molecule has 1 aliphatic carbocycles. The summed E-state index contributed by atoms with van der Waals surface area (Å²) in [4.78, 5) is 22.9. The van der Waals surface area contributed by atoms with Gasteiger partial charge in [-0.1, -0.05) is 30.3 Å². The van der Waals surface area contributed by atoms with Gasteiger partial charge in [-0.05, 0) is 48.7 Å². The second kappa shape index (κ2) is 6.40. The highest BCUT2D eigenvalue weighted by Gasteiger charge is 2.25. The van der Waals surface area contributed by atoms with Crippen LogP contribution in [-0.2, 0) is 11.2 Å². The third-order valence-corrected chi connectivity index (χ3v) is 4.57. The molecule has 0 saturated carbocycles. The topological polar surface area (TPSA) is 48.3 Å². The SMILES string of the molecule is O=COc1ccc(-n2c(-c3ccccc3)cc3c2CCCC3=O)cc1. The number of aromatic nitrogens is 1. The highest BCUT2D eigenvalue weighted by atomic mass is 16.5. The van der Waals surface area contributed by atoms with Crippen molar-refractivity contribution in [1.82, 2.24) is 4.57 Å². The van der Waals surface area contributed by atoms with E-state index in [2.05, 4.69) is 4.57 Å². The van der Waals surface area contributed by atoms with Crippen LogP contribution in [-0.4, -0.2) is 16.8 Å². The maximum Gasteiger partial charge on any atom is 0.298 e. The van der Waals surface area contributed by atoms with Crippen LogP contribution in [0.25, 0.3) is 16.9 Å². The molecule has 1 aromatic heterocycles. The summed E-state index contributed by atoms with van der Waals surface area (Å²) in [7, 11) is 0. The average Bonchev–Trinajstić information content (AvgIpc) is 3.04. The zero-order valence-electron chi connectivity index (χ0n) is 13.6. The Morgan fingerprint density at radius 3 is 2.44 bits per heavy atom. The van der Waals surface area contributed by atoms with Crippen LogP contribution in [0.2, 0.25) is 0 Å². The molecule has 0 fully saturated rings. The minimum Gasteiger partial charge on any atom is -0.429 e. The van der Waals surface area contributed by atoms with Crippen molar-refractivity contribution in [1.29, 1.82) is 0 Å². The molecule has 3 aromatic rings. The number of rotatable bonds is 4. The fourth-order valence-electron chi connectivity index (χ4n) is 3.43. The van der Waals surface area contributed by atoms with E-state index in [0.29, 0.717) is 18.6 Å². The first kappa shape index (κ1) is 15.4. The van der Waals surface area contributed by atoms with E-state index in [4.69, 9.17) is 4.74 Å². The van der Waals surface area contributed by atoms with Crippen LogP contribution in [0.4, 0.5) is 0 Å². The van der Waals surface area contributed by atoms with Crippen molar-refractivity contribution >= 4 is 12.3 Å². The number of ether oxygens (including phenoxy) is 1. The van der Waals surface area contributed by atoms with Gasteiger partial charge < -0.3 is 9.30 Å². The van der Waals surface area contributed by atoms with Gasteiger partial charge in [-0.15, -0.1) is 0 Å². The van der Waals surface area contributed by atoms with Crippen molar-refractivity contribution in [3.05, 3.63) is 71.9 Å². The Morgan fingerprint density at radius 2 is 1.72 bits per heavy atom. The fraction of sp³-hybridized carbons (Fsp3) is 0.143. The smallest absolute Gasteiger partial charge is 0.298 e. The molecule has 0 N–H and O–H groups in total. The lowest BCUT2D eigenvalue weighted by atomic mass is 9.96. The van der Waals surface area contributed by atoms with E-state index in [1.54, 1.807) is 12.1 Å². The van der Waals surface area contributed by atoms with Crippen LogP contribution in [0, 0.1) is 0 Å². The van der Waals surface area contributed by atoms with Crippen LogP contribution in [0.1, 0.15) is 28.9 Å². The zero-order valence-corrected chi connectivity index (χ0v) is 13.6. The summed E-state index contributed by atoms with van der Waals surface area (Å²) in [6.07, 6.45) is 2.36. The van der Waals surface area contributed by atoms with Crippen molar-refractivity contribution in [3.63, 3.8) is 0 Å². The highest BCUT2D eigenvalue weighted by molar-refractivity contribution is 6.00. The lowest BCUT2D eigenvalue weighted by molar-refractivity contribution is -0.120. The second-order valence-electron chi connectivity index (χ2n) is 6.08. The molecule has 0 atom stereocenters. The van der Waals surface area contributed by atoms with Crippen molar-refractivity contribution in [3.8, 4) is 22.7 Å². The third kappa shape index (κ3) is 2.76. The van der Waals surface area contributed by atoms with E-state index < -0.39 is 0 Å². The maximum absolute atomic E-state index is 12.4. The van der Waals surface area contributed by atoms with Gasteiger partial charge in [0.15, 0.2) is 5.78 Å². The maximum atomic E-state index is 12.4. The van der Waals surface area contributed by atoms with Crippen molar-refractivity contribution in [2.45, 2.75) is 19.3 Å². The Labute approximate surface area is 145 Å². The molecule has 0 spiro atoms. The molecular formula is C21H17NO3. The van der Waals surface area contributed by atoms with Crippen LogP contribution < -0.4 is 4.74 Å². The summed E-state index contributed by atoms with van der Waals surface area (Å²) in [5.74, 6) is 0.704. The monoisotopic (exact) mass is 331 g/mol. The molecule has 2 aromatic carbocycles. The van der Waals surface area contributed by atoms with Gasteiger partial charge in [0.2, 0.25) is 0 Å². The lowest BCUT2D eigenvalue weighted by Crippen LogP contribution is -2.12. The molecule has 0 amide bonds. The van der Waals surface area contributed by atoms with Crippen molar-refractivity contribution < 1.29 is 14.3 Å². The van der Waals surface area contributed by atoms with E-state index in [0.717, 1.165) is 41.0 Å². The molecule has 0 radical (unpaired) electrons. The molecule has 4 heteroatoms. The van der Waals surface area contributed by atoms with Gasteiger partial charge in [0.1, 0.15) is 5.75 Å². The first-order valence-electron chi connectivity index (χ1n) is 8.32. The predicted molar refractivity (Wildman–Crippen MR) is 95.2 cm³/mol. The Hall–Kier alpha value is -3.14. The van der Waals surface area contributed by atoms with Gasteiger partial charge in [0.05, 0.1) is 5.69 Å². The Balaban J connectivity index is 1.90. The fourth-order valence-corrected chi connectivity index (χ4v) is 3.43. The Morgan fingerprint density at radius 1 is 0.960 bits per heavy atom. The number of Topliss-reactive ketones (excluding diaryl/α,β-unsaturated/α-hetero) is 1. The van der Waals surface area contributed by atoms with Crippen LogP contribution in [0.15, 0.2) is 60.7 Å². The molecule has 1 aliphatic rings. The summed E-state index contributed by atoms with van der Waals surface area (Å²) < 4.78 is 7.02.